The van der Waals surface area contributed by atoms with Gasteiger partial charge in [0.1, 0.15) is 0 Å². The molecule has 0 aliphatic heterocycles. The summed E-state index contributed by atoms with van der Waals surface area (Å²) in [7, 11) is -1.53. The van der Waals surface area contributed by atoms with E-state index in [-0.39, 0.29) is 0 Å². The molecule has 125 valence electrons. The quantitative estimate of drug-likeness (QED) is 0.499. The molecule has 0 spiro atoms. The molecule has 3 rings (SSSR count). The van der Waals surface area contributed by atoms with Crippen molar-refractivity contribution in [3.8, 4) is 22.9 Å². The molecule has 0 saturated carbocycles. The Labute approximate surface area is 157 Å². The zero-order valence-electron chi connectivity index (χ0n) is 14.5. The first-order valence-corrected chi connectivity index (χ1v) is 9.99. The summed E-state index contributed by atoms with van der Waals surface area (Å²) in [6.45, 7) is 0.630. The van der Waals surface area contributed by atoms with E-state index in [0.29, 0.717) is 6.61 Å². The maximum Gasteiger partial charge on any atom is 0.397 e. The topological polar surface area (TPSA) is 9.23 Å². The van der Waals surface area contributed by atoms with E-state index in [9.17, 15) is 0 Å². The maximum atomic E-state index is 6.04. The van der Waals surface area contributed by atoms with E-state index in [1.165, 1.54) is 5.56 Å². The first kappa shape index (κ1) is 17.8. The zero-order chi connectivity index (χ0) is 17.9. The number of benzene rings is 3. The minimum absolute atomic E-state index is 0.630. The van der Waals surface area contributed by atoms with Crippen LogP contribution in [0.2, 0.25) is 0 Å². The second-order valence-corrected chi connectivity index (χ2v) is 7.09. The highest BCUT2D eigenvalue weighted by Gasteiger charge is 2.07. The van der Waals surface area contributed by atoms with E-state index in [4.69, 9.17) is 4.43 Å². The molecule has 0 bridgehead atoms. The molecule has 0 atom stereocenters. The van der Waals surface area contributed by atoms with Crippen LogP contribution < -0.4 is 0 Å². The molecule has 0 fully saturated rings. The maximum absolute atomic E-state index is 6.04. The predicted octanol–water partition coefficient (Wildman–Crippen LogP) is 4.42. The standard InChI is InChI=1S/C24H19OSi/c1-4-10-22(11-5-1)16-19-25-26(20-17-23-12-6-2-7-13-23)21-18-24-14-8-3-9-15-24/h1-15H,16,19H2. The third kappa shape index (κ3) is 6.11. The van der Waals surface area contributed by atoms with Gasteiger partial charge in [0.2, 0.25) is 0 Å². The Kier molecular flexibility index (Phi) is 6.88. The molecule has 0 aromatic heterocycles. The lowest BCUT2D eigenvalue weighted by molar-refractivity contribution is 0.339. The van der Waals surface area contributed by atoms with Gasteiger partial charge in [-0.2, -0.15) is 0 Å². The first-order valence-electron chi connectivity index (χ1n) is 8.58. The fourth-order valence-corrected chi connectivity index (χ4v) is 3.35. The van der Waals surface area contributed by atoms with Crippen LogP contribution in [0.3, 0.4) is 0 Å². The second kappa shape index (κ2) is 10.1. The van der Waals surface area contributed by atoms with Gasteiger partial charge in [-0.25, -0.2) is 0 Å². The highest BCUT2D eigenvalue weighted by Crippen LogP contribution is 2.01. The van der Waals surface area contributed by atoms with Crippen molar-refractivity contribution in [1.29, 1.82) is 0 Å². The van der Waals surface area contributed by atoms with Gasteiger partial charge in [0.25, 0.3) is 0 Å². The van der Waals surface area contributed by atoms with Crippen LogP contribution in [0.15, 0.2) is 91.0 Å². The summed E-state index contributed by atoms with van der Waals surface area (Å²) in [5.74, 6) is 6.39. The molecule has 3 aromatic carbocycles. The smallest absolute Gasteiger partial charge is 0.395 e. The van der Waals surface area contributed by atoms with Crippen molar-refractivity contribution in [3.05, 3.63) is 108 Å². The van der Waals surface area contributed by atoms with Crippen molar-refractivity contribution < 1.29 is 4.43 Å². The van der Waals surface area contributed by atoms with Crippen molar-refractivity contribution in [2.75, 3.05) is 6.61 Å². The number of hydrogen-bond acceptors (Lipinski definition) is 1. The van der Waals surface area contributed by atoms with Gasteiger partial charge in [-0.3, -0.25) is 0 Å². The molecule has 0 heterocycles. The van der Waals surface area contributed by atoms with Crippen molar-refractivity contribution in [2.24, 2.45) is 0 Å². The highest BCUT2D eigenvalue weighted by molar-refractivity contribution is 6.69. The summed E-state index contributed by atoms with van der Waals surface area (Å²) in [4.78, 5) is 0. The van der Waals surface area contributed by atoms with E-state index >= 15 is 0 Å². The summed E-state index contributed by atoms with van der Waals surface area (Å²) >= 11 is 0. The third-order valence-electron chi connectivity index (χ3n) is 3.67. The van der Waals surface area contributed by atoms with Gasteiger partial charge in [0.15, 0.2) is 0 Å². The molecule has 1 nitrogen and oxygen atoms in total. The van der Waals surface area contributed by atoms with Crippen LogP contribution in [0.5, 0.6) is 0 Å². The van der Waals surface area contributed by atoms with E-state index in [2.05, 4.69) is 35.1 Å². The van der Waals surface area contributed by atoms with Crippen LogP contribution in [0.4, 0.5) is 0 Å². The Morgan fingerprint density at radius 2 is 1.08 bits per heavy atom. The van der Waals surface area contributed by atoms with E-state index in [1.807, 2.05) is 78.9 Å². The lowest BCUT2D eigenvalue weighted by Gasteiger charge is -2.04. The molecule has 0 amide bonds. The van der Waals surface area contributed by atoms with Crippen LogP contribution in [-0.2, 0) is 10.8 Å². The van der Waals surface area contributed by atoms with Crippen molar-refractivity contribution in [1.82, 2.24) is 0 Å². The largest absolute Gasteiger partial charge is 0.397 e. The van der Waals surface area contributed by atoms with E-state index in [1.54, 1.807) is 0 Å². The van der Waals surface area contributed by atoms with Crippen LogP contribution >= 0.6 is 0 Å². The van der Waals surface area contributed by atoms with Gasteiger partial charge in [0, 0.05) is 17.7 Å². The van der Waals surface area contributed by atoms with Gasteiger partial charge >= 0.3 is 9.04 Å². The average Bonchev–Trinajstić information content (AvgIpc) is 2.72. The molecule has 0 N–H and O–H groups in total. The molecular weight excluding hydrogens is 332 g/mol. The van der Waals surface area contributed by atoms with Crippen LogP contribution in [-0.4, -0.2) is 15.6 Å². The summed E-state index contributed by atoms with van der Waals surface area (Å²) in [6.07, 6.45) is 0.870. The van der Waals surface area contributed by atoms with Crippen LogP contribution in [0.1, 0.15) is 16.7 Å². The fraction of sp³-hybridized carbons (Fsp3) is 0.0833. The minimum atomic E-state index is -1.53. The fourth-order valence-electron chi connectivity index (χ4n) is 2.32. The molecule has 26 heavy (non-hydrogen) atoms. The minimum Gasteiger partial charge on any atom is -0.395 e. The number of rotatable bonds is 4. The van der Waals surface area contributed by atoms with Crippen LogP contribution in [0, 0.1) is 22.9 Å². The summed E-state index contributed by atoms with van der Waals surface area (Å²) < 4.78 is 6.04. The van der Waals surface area contributed by atoms with Gasteiger partial charge in [0.05, 0.1) is 0 Å². The Morgan fingerprint density at radius 3 is 1.58 bits per heavy atom. The molecule has 2 heteroatoms. The second-order valence-electron chi connectivity index (χ2n) is 5.65. The summed E-state index contributed by atoms with van der Waals surface area (Å²) in [5, 5.41) is 0. The molecule has 3 aromatic rings. The average molecular weight is 352 g/mol. The third-order valence-corrected chi connectivity index (χ3v) is 4.87. The molecule has 0 aliphatic carbocycles. The normalized spacial score (nSPS) is 9.73. The Morgan fingerprint density at radius 1 is 0.615 bits per heavy atom. The molecule has 0 unspecified atom stereocenters. The van der Waals surface area contributed by atoms with Crippen molar-refractivity contribution in [3.63, 3.8) is 0 Å². The summed E-state index contributed by atoms with van der Waals surface area (Å²) in [6, 6.07) is 30.3. The molecule has 0 aliphatic rings. The van der Waals surface area contributed by atoms with Crippen LogP contribution in [0.25, 0.3) is 0 Å². The SMILES string of the molecule is C(#C[Si](C#Cc1ccccc1)OCCc1ccccc1)c1ccccc1. The molecule has 0 saturated heterocycles. The molecule has 1 radical (unpaired) electrons. The highest BCUT2D eigenvalue weighted by atomic mass is 28.3. The van der Waals surface area contributed by atoms with Crippen molar-refractivity contribution >= 4 is 9.04 Å². The van der Waals surface area contributed by atoms with Gasteiger partial charge in [-0.1, -0.05) is 89.7 Å². The van der Waals surface area contributed by atoms with Crippen molar-refractivity contribution in [2.45, 2.75) is 6.42 Å². The Balaban J connectivity index is 1.69. The lowest BCUT2D eigenvalue weighted by atomic mass is 10.2. The Hall–Kier alpha value is -3.04. The Bertz CT molecular complexity index is 856. The monoisotopic (exact) mass is 351 g/mol. The summed E-state index contributed by atoms with van der Waals surface area (Å²) in [5.41, 5.74) is 9.74. The van der Waals surface area contributed by atoms with E-state index in [0.717, 1.165) is 17.5 Å². The van der Waals surface area contributed by atoms with Gasteiger partial charge < -0.3 is 4.43 Å². The number of hydrogen-bond donors (Lipinski definition) is 0. The first-order chi connectivity index (χ1) is 12.9. The molecular formula is C24H19OSi. The zero-order valence-corrected chi connectivity index (χ0v) is 15.5. The lowest BCUT2D eigenvalue weighted by Crippen LogP contribution is -2.16. The van der Waals surface area contributed by atoms with Gasteiger partial charge in [-0.05, 0) is 36.2 Å². The van der Waals surface area contributed by atoms with E-state index < -0.39 is 9.04 Å². The van der Waals surface area contributed by atoms with Gasteiger partial charge in [-0.15, -0.1) is 0 Å². The predicted molar refractivity (Wildman–Crippen MR) is 108 cm³/mol.